The first-order valence-electron chi connectivity index (χ1n) is 9.12. The Labute approximate surface area is 141 Å². The van der Waals surface area contributed by atoms with Gasteiger partial charge in [0.15, 0.2) is 0 Å². The van der Waals surface area contributed by atoms with Crippen LogP contribution in [0.3, 0.4) is 0 Å². The molecule has 1 aliphatic carbocycles. The van der Waals surface area contributed by atoms with Crippen LogP contribution >= 0.6 is 0 Å². The van der Waals surface area contributed by atoms with Gasteiger partial charge in [0.2, 0.25) is 5.91 Å². The van der Waals surface area contributed by atoms with Gasteiger partial charge in [0.25, 0.3) is 0 Å². The van der Waals surface area contributed by atoms with Crippen LogP contribution in [0.4, 0.5) is 4.39 Å². The molecule has 0 spiro atoms. The van der Waals surface area contributed by atoms with Gasteiger partial charge >= 0.3 is 0 Å². The average molecular weight is 329 g/mol. The molecular weight excluding hydrogens is 305 g/mol. The number of aromatic nitrogens is 2. The zero-order chi connectivity index (χ0) is 16.7. The standard InChI is InChI=1S/C19H24FN3O/c1-2-18(24)22-10-8-15(9-11-22)23-17-7-6-14(20)12-16(17)21-19(23)13-4-3-5-13/h6-7,12-13,15H,2-5,8-11H2,1H3. The number of piperidine rings is 1. The Morgan fingerprint density at radius 3 is 2.62 bits per heavy atom. The number of amides is 1. The van der Waals surface area contributed by atoms with Crippen LogP contribution in [0.1, 0.15) is 63.2 Å². The first-order valence-corrected chi connectivity index (χ1v) is 9.12. The number of imidazole rings is 1. The number of likely N-dealkylation sites (tertiary alicyclic amines) is 1. The zero-order valence-corrected chi connectivity index (χ0v) is 14.2. The summed E-state index contributed by atoms with van der Waals surface area (Å²) < 4.78 is 16.0. The van der Waals surface area contributed by atoms with Crippen molar-refractivity contribution in [1.29, 1.82) is 0 Å². The zero-order valence-electron chi connectivity index (χ0n) is 14.2. The minimum absolute atomic E-state index is 0.226. The molecule has 2 fully saturated rings. The molecule has 2 heterocycles. The van der Waals surface area contributed by atoms with Crippen molar-refractivity contribution < 1.29 is 9.18 Å². The van der Waals surface area contributed by atoms with Crippen LogP contribution < -0.4 is 0 Å². The quantitative estimate of drug-likeness (QED) is 0.853. The van der Waals surface area contributed by atoms with Crippen LogP contribution in [0.25, 0.3) is 11.0 Å². The fraction of sp³-hybridized carbons (Fsp3) is 0.579. The lowest BCUT2D eigenvalue weighted by atomic mass is 9.84. The number of fused-ring (bicyclic) bond motifs is 1. The molecule has 1 aromatic carbocycles. The topological polar surface area (TPSA) is 38.1 Å². The third-order valence-electron chi connectivity index (χ3n) is 5.63. The first-order chi connectivity index (χ1) is 11.7. The minimum atomic E-state index is -0.226. The molecule has 2 aromatic rings. The van der Waals surface area contributed by atoms with Crippen molar-refractivity contribution in [3.05, 3.63) is 29.8 Å². The molecule has 5 heteroatoms. The summed E-state index contributed by atoms with van der Waals surface area (Å²) in [4.78, 5) is 18.7. The number of benzene rings is 1. The molecule has 0 bridgehead atoms. The van der Waals surface area contributed by atoms with E-state index in [0.29, 0.717) is 18.4 Å². The van der Waals surface area contributed by atoms with E-state index in [9.17, 15) is 9.18 Å². The minimum Gasteiger partial charge on any atom is -0.343 e. The Kier molecular flexibility index (Phi) is 4.02. The number of nitrogens with zero attached hydrogens (tertiary/aromatic N) is 3. The summed E-state index contributed by atoms with van der Waals surface area (Å²) in [5, 5.41) is 0. The summed E-state index contributed by atoms with van der Waals surface area (Å²) in [6.07, 6.45) is 6.09. The van der Waals surface area contributed by atoms with Crippen molar-refractivity contribution in [3.63, 3.8) is 0 Å². The van der Waals surface area contributed by atoms with Crippen LogP contribution in [0.15, 0.2) is 18.2 Å². The third-order valence-corrected chi connectivity index (χ3v) is 5.63. The maximum absolute atomic E-state index is 13.6. The van der Waals surface area contributed by atoms with Gasteiger partial charge in [0.1, 0.15) is 11.6 Å². The molecule has 2 aliphatic rings. The summed E-state index contributed by atoms with van der Waals surface area (Å²) in [6.45, 7) is 3.53. The fourth-order valence-corrected chi connectivity index (χ4v) is 4.03. The Balaban J connectivity index is 1.66. The van der Waals surface area contributed by atoms with Crippen molar-refractivity contribution >= 4 is 16.9 Å². The van der Waals surface area contributed by atoms with Crippen molar-refractivity contribution in [2.75, 3.05) is 13.1 Å². The second-order valence-corrected chi connectivity index (χ2v) is 7.07. The number of rotatable bonds is 3. The maximum atomic E-state index is 13.6. The SMILES string of the molecule is CCC(=O)N1CCC(n2c(C3CCC3)nc3cc(F)ccc32)CC1. The van der Waals surface area contributed by atoms with Crippen molar-refractivity contribution in [2.45, 2.75) is 57.4 Å². The van der Waals surface area contributed by atoms with Crippen LogP contribution in [0, 0.1) is 5.82 Å². The van der Waals surface area contributed by atoms with Crippen LogP contribution in [-0.4, -0.2) is 33.4 Å². The van der Waals surface area contributed by atoms with Crippen LogP contribution in [-0.2, 0) is 4.79 Å². The molecule has 1 saturated heterocycles. The molecule has 4 nitrogen and oxygen atoms in total. The molecule has 0 radical (unpaired) electrons. The summed E-state index contributed by atoms with van der Waals surface area (Å²) in [5.74, 6) is 1.65. The van der Waals surface area contributed by atoms with Crippen LogP contribution in [0.5, 0.6) is 0 Å². The number of carbonyl (C=O) groups excluding carboxylic acids is 1. The van der Waals surface area contributed by atoms with E-state index < -0.39 is 0 Å². The van der Waals surface area contributed by atoms with Gasteiger partial charge in [-0.05, 0) is 37.8 Å². The lowest BCUT2D eigenvalue weighted by Crippen LogP contribution is -2.39. The predicted octanol–water partition coefficient (Wildman–Crippen LogP) is 4.02. The molecule has 1 saturated carbocycles. The number of carbonyl (C=O) groups is 1. The Morgan fingerprint density at radius 1 is 1.25 bits per heavy atom. The van der Waals surface area contributed by atoms with Crippen molar-refractivity contribution in [3.8, 4) is 0 Å². The highest BCUT2D eigenvalue weighted by atomic mass is 19.1. The van der Waals surface area contributed by atoms with Crippen molar-refractivity contribution in [1.82, 2.24) is 14.5 Å². The molecule has 128 valence electrons. The molecule has 0 unspecified atom stereocenters. The molecule has 1 aliphatic heterocycles. The maximum Gasteiger partial charge on any atom is 0.222 e. The van der Waals surface area contributed by atoms with Gasteiger partial charge in [-0.25, -0.2) is 9.37 Å². The second kappa shape index (κ2) is 6.19. The number of halogens is 1. The molecule has 4 rings (SSSR count). The highest BCUT2D eigenvalue weighted by Gasteiger charge is 2.31. The summed E-state index contributed by atoms with van der Waals surface area (Å²) in [7, 11) is 0. The van der Waals surface area contributed by atoms with E-state index in [4.69, 9.17) is 4.98 Å². The van der Waals surface area contributed by atoms with Gasteiger partial charge in [-0.1, -0.05) is 13.3 Å². The first kappa shape index (κ1) is 15.6. The van der Waals surface area contributed by atoms with Gasteiger partial charge in [-0.3, -0.25) is 4.79 Å². The lowest BCUT2D eigenvalue weighted by molar-refractivity contribution is -0.132. The van der Waals surface area contributed by atoms with E-state index in [0.717, 1.165) is 42.8 Å². The van der Waals surface area contributed by atoms with Gasteiger partial charge in [-0.15, -0.1) is 0 Å². The van der Waals surface area contributed by atoms with E-state index >= 15 is 0 Å². The van der Waals surface area contributed by atoms with Crippen LogP contribution in [0.2, 0.25) is 0 Å². The summed E-state index contributed by atoms with van der Waals surface area (Å²) in [5.41, 5.74) is 1.81. The lowest BCUT2D eigenvalue weighted by Gasteiger charge is -2.35. The van der Waals surface area contributed by atoms with Gasteiger partial charge in [0, 0.05) is 37.5 Å². The predicted molar refractivity (Wildman–Crippen MR) is 91.4 cm³/mol. The largest absolute Gasteiger partial charge is 0.343 e. The molecule has 1 amide bonds. The fourth-order valence-electron chi connectivity index (χ4n) is 4.03. The van der Waals surface area contributed by atoms with E-state index in [1.807, 2.05) is 17.9 Å². The normalized spacial score (nSPS) is 19.7. The molecule has 0 atom stereocenters. The van der Waals surface area contributed by atoms with Crippen molar-refractivity contribution in [2.24, 2.45) is 0 Å². The second-order valence-electron chi connectivity index (χ2n) is 7.07. The monoisotopic (exact) mass is 329 g/mol. The van der Waals surface area contributed by atoms with Gasteiger partial charge < -0.3 is 9.47 Å². The van der Waals surface area contributed by atoms with E-state index in [2.05, 4.69) is 4.57 Å². The highest BCUT2D eigenvalue weighted by Crippen LogP contribution is 2.40. The molecular formula is C19H24FN3O. The third kappa shape index (κ3) is 2.60. The summed E-state index contributed by atoms with van der Waals surface area (Å²) in [6, 6.07) is 5.30. The van der Waals surface area contributed by atoms with E-state index in [1.165, 1.54) is 25.3 Å². The Morgan fingerprint density at radius 2 is 2.00 bits per heavy atom. The molecule has 24 heavy (non-hydrogen) atoms. The Bertz CT molecular complexity index is 757. The smallest absolute Gasteiger partial charge is 0.222 e. The van der Waals surface area contributed by atoms with Gasteiger partial charge in [0.05, 0.1) is 11.0 Å². The Hall–Kier alpha value is -1.91. The van der Waals surface area contributed by atoms with Gasteiger partial charge in [-0.2, -0.15) is 0 Å². The molecule has 0 N–H and O–H groups in total. The molecule has 1 aromatic heterocycles. The number of hydrogen-bond acceptors (Lipinski definition) is 2. The average Bonchev–Trinajstić information content (AvgIpc) is 2.90. The number of hydrogen-bond donors (Lipinski definition) is 0. The van der Waals surface area contributed by atoms with E-state index in [-0.39, 0.29) is 11.7 Å². The summed E-state index contributed by atoms with van der Waals surface area (Å²) >= 11 is 0. The van der Waals surface area contributed by atoms with E-state index in [1.54, 1.807) is 6.07 Å². The highest BCUT2D eigenvalue weighted by molar-refractivity contribution is 5.77.